The van der Waals surface area contributed by atoms with Gasteiger partial charge >= 0.3 is 11.9 Å². The van der Waals surface area contributed by atoms with E-state index in [0.29, 0.717) is 12.1 Å². The van der Waals surface area contributed by atoms with Crippen LogP contribution in [0.3, 0.4) is 0 Å². The number of rotatable bonds is 6. The lowest BCUT2D eigenvalue weighted by Gasteiger charge is -2.16. The molecule has 2 aromatic carbocycles. The first-order valence-corrected chi connectivity index (χ1v) is 8.71. The Morgan fingerprint density at radius 3 is 1.82 bits per heavy atom. The standard InChI is InChI=1S/C15H21NO5.C6H6.ClH/c1-9(2)16-8-13(19)12-5-6-14(20-10(3)17)15(7-12)21-11(4)18;1-2-4-6-5-3-1;/h5-7,9,13,16,19H,8H2,1-4H3;1-6H;1H. The highest BCUT2D eigenvalue weighted by atomic mass is 35.5. The molecule has 2 aromatic rings. The van der Waals surface area contributed by atoms with Crippen LogP contribution in [0.5, 0.6) is 11.5 Å². The maximum Gasteiger partial charge on any atom is 0.308 e. The van der Waals surface area contributed by atoms with Crippen molar-refractivity contribution >= 4 is 24.3 Å². The summed E-state index contributed by atoms with van der Waals surface area (Å²) in [5, 5.41) is 13.2. The number of carbonyl (C=O) groups is 2. The average molecular weight is 410 g/mol. The largest absolute Gasteiger partial charge is 0.423 e. The predicted molar refractivity (Wildman–Crippen MR) is 111 cm³/mol. The van der Waals surface area contributed by atoms with Crippen molar-refractivity contribution in [2.75, 3.05) is 6.54 Å². The number of nitrogens with one attached hydrogen (secondary N) is 1. The molecule has 1 atom stereocenters. The minimum Gasteiger partial charge on any atom is -0.423 e. The van der Waals surface area contributed by atoms with Gasteiger partial charge in [0.05, 0.1) is 6.10 Å². The molecule has 2 N–H and O–H groups in total. The molecule has 0 bridgehead atoms. The highest BCUT2D eigenvalue weighted by Gasteiger charge is 2.15. The molecule has 2 rings (SSSR count). The summed E-state index contributed by atoms with van der Waals surface area (Å²) in [6.07, 6.45) is -0.756. The van der Waals surface area contributed by atoms with Crippen molar-refractivity contribution in [2.24, 2.45) is 0 Å². The fourth-order valence-electron chi connectivity index (χ4n) is 2.06. The van der Waals surface area contributed by atoms with Crippen LogP contribution in [0.4, 0.5) is 0 Å². The van der Waals surface area contributed by atoms with E-state index in [2.05, 4.69) is 5.32 Å². The first-order valence-electron chi connectivity index (χ1n) is 8.71. The maximum absolute atomic E-state index is 11.1. The van der Waals surface area contributed by atoms with Crippen molar-refractivity contribution in [3.05, 3.63) is 60.2 Å². The number of halogens is 1. The highest BCUT2D eigenvalue weighted by molar-refractivity contribution is 5.85. The van der Waals surface area contributed by atoms with E-state index in [1.807, 2.05) is 50.2 Å². The lowest BCUT2D eigenvalue weighted by atomic mass is 10.1. The molecule has 1 unspecified atom stereocenters. The minimum absolute atomic E-state index is 0. The molecule has 0 aliphatic rings. The number of hydrogen-bond acceptors (Lipinski definition) is 6. The van der Waals surface area contributed by atoms with Crippen LogP contribution in [0, 0.1) is 0 Å². The first-order chi connectivity index (χ1) is 12.8. The lowest BCUT2D eigenvalue weighted by Crippen LogP contribution is -2.27. The Balaban J connectivity index is 0.000000884. The van der Waals surface area contributed by atoms with Gasteiger partial charge < -0.3 is 19.9 Å². The summed E-state index contributed by atoms with van der Waals surface area (Å²) in [6.45, 7) is 6.82. The quantitative estimate of drug-likeness (QED) is 0.559. The minimum atomic E-state index is -0.756. The number of esters is 2. The number of ether oxygens (including phenoxy) is 2. The molecule has 0 aliphatic heterocycles. The molecule has 28 heavy (non-hydrogen) atoms. The molecule has 154 valence electrons. The molecule has 0 radical (unpaired) electrons. The predicted octanol–water partition coefficient (Wildman–Crippen LogP) is 3.68. The van der Waals surface area contributed by atoms with E-state index in [-0.39, 0.29) is 29.9 Å². The Morgan fingerprint density at radius 2 is 1.39 bits per heavy atom. The summed E-state index contributed by atoms with van der Waals surface area (Å²) >= 11 is 0. The molecule has 0 saturated heterocycles. The molecule has 0 saturated carbocycles. The normalized spacial score (nSPS) is 10.8. The Bertz CT molecular complexity index is 695. The third-order valence-electron chi connectivity index (χ3n) is 3.25. The molecule has 0 heterocycles. The zero-order valence-electron chi connectivity index (χ0n) is 16.5. The molecule has 0 spiro atoms. The molecular formula is C21H28ClNO5. The van der Waals surface area contributed by atoms with Crippen LogP contribution in [0.1, 0.15) is 39.4 Å². The fourth-order valence-corrected chi connectivity index (χ4v) is 2.06. The second-order valence-electron chi connectivity index (χ2n) is 6.13. The van der Waals surface area contributed by atoms with Crippen molar-refractivity contribution in [1.29, 1.82) is 0 Å². The SMILES string of the molecule is CC(=O)Oc1ccc(C(O)CNC(C)C)cc1OC(C)=O.Cl.c1ccccc1. The smallest absolute Gasteiger partial charge is 0.308 e. The van der Waals surface area contributed by atoms with Gasteiger partial charge in [0.1, 0.15) is 0 Å². The number of aliphatic hydroxyl groups is 1. The number of aliphatic hydroxyl groups excluding tert-OH is 1. The van der Waals surface area contributed by atoms with Gasteiger partial charge in [-0.05, 0) is 17.7 Å². The molecule has 0 aliphatic carbocycles. The third-order valence-corrected chi connectivity index (χ3v) is 3.25. The van der Waals surface area contributed by atoms with Gasteiger partial charge in [-0.2, -0.15) is 0 Å². The topological polar surface area (TPSA) is 84.9 Å². The Labute approximate surface area is 172 Å². The van der Waals surface area contributed by atoms with Gasteiger partial charge in [-0.15, -0.1) is 12.4 Å². The zero-order chi connectivity index (χ0) is 20.2. The van der Waals surface area contributed by atoms with Crippen molar-refractivity contribution < 1.29 is 24.2 Å². The van der Waals surface area contributed by atoms with Gasteiger partial charge in [-0.1, -0.05) is 56.3 Å². The maximum atomic E-state index is 11.1. The van der Waals surface area contributed by atoms with Crippen LogP contribution in [0.2, 0.25) is 0 Å². The average Bonchev–Trinajstić information content (AvgIpc) is 2.62. The number of benzene rings is 2. The third kappa shape index (κ3) is 10.7. The number of carbonyl (C=O) groups excluding carboxylic acids is 2. The van der Waals surface area contributed by atoms with E-state index < -0.39 is 18.0 Å². The van der Waals surface area contributed by atoms with Crippen LogP contribution < -0.4 is 14.8 Å². The summed E-state index contributed by atoms with van der Waals surface area (Å²) in [7, 11) is 0. The fraction of sp³-hybridized carbons (Fsp3) is 0.333. The van der Waals surface area contributed by atoms with Gasteiger partial charge in [0, 0.05) is 26.4 Å². The monoisotopic (exact) mass is 409 g/mol. The summed E-state index contributed by atoms with van der Waals surface area (Å²) < 4.78 is 9.98. The highest BCUT2D eigenvalue weighted by Crippen LogP contribution is 2.31. The molecule has 0 amide bonds. The molecule has 7 heteroatoms. The summed E-state index contributed by atoms with van der Waals surface area (Å²) in [5.41, 5.74) is 0.565. The van der Waals surface area contributed by atoms with Crippen LogP contribution in [0.15, 0.2) is 54.6 Å². The molecule has 0 fully saturated rings. The molecule has 6 nitrogen and oxygen atoms in total. The van der Waals surface area contributed by atoms with E-state index >= 15 is 0 Å². The zero-order valence-corrected chi connectivity index (χ0v) is 17.4. The van der Waals surface area contributed by atoms with E-state index in [4.69, 9.17) is 9.47 Å². The van der Waals surface area contributed by atoms with Crippen molar-refractivity contribution in [2.45, 2.75) is 39.8 Å². The van der Waals surface area contributed by atoms with Gasteiger partial charge in [0.15, 0.2) is 11.5 Å². The van der Waals surface area contributed by atoms with E-state index in [1.54, 1.807) is 6.07 Å². The van der Waals surface area contributed by atoms with Crippen LogP contribution in [-0.2, 0) is 9.59 Å². The van der Waals surface area contributed by atoms with Gasteiger partial charge in [0.2, 0.25) is 0 Å². The summed E-state index contributed by atoms with van der Waals surface area (Å²) in [4.78, 5) is 22.1. The number of hydrogen-bond donors (Lipinski definition) is 2. The van der Waals surface area contributed by atoms with Crippen LogP contribution in [-0.4, -0.2) is 29.6 Å². The summed E-state index contributed by atoms with van der Waals surface area (Å²) in [5.74, 6) is -0.794. The van der Waals surface area contributed by atoms with Crippen molar-refractivity contribution in [3.8, 4) is 11.5 Å². The molecule has 0 aromatic heterocycles. The van der Waals surface area contributed by atoms with Gasteiger partial charge in [0.25, 0.3) is 0 Å². The second kappa shape index (κ2) is 13.7. The van der Waals surface area contributed by atoms with E-state index in [9.17, 15) is 14.7 Å². The second-order valence-corrected chi connectivity index (χ2v) is 6.13. The Hall–Kier alpha value is -2.41. The summed E-state index contributed by atoms with van der Waals surface area (Å²) in [6, 6.07) is 16.9. The van der Waals surface area contributed by atoms with Crippen molar-refractivity contribution in [3.63, 3.8) is 0 Å². The lowest BCUT2D eigenvalue weighted by molar-refractivity contribution is -0.134. The Kier molecular flexibility index (Phi) is 12.5. The van der Waals surface area contributed by atoms with E-state index in [1.165, 1.54) is 26.0 Å². The Morgan fingerprint density at radius 1 is 0.929 bits per heavy atom. The van der Waals surface area contributed by atoms with Crippen LogP contribution in [0.25, 0.3) is 0 Å². The van der Waals surface area contributed by atoms with Gasteiger partial charge in [-0.3, -0.25) is 9.59 Å². The van der Waals surface area contributed by atoms with Gasteiger partial charge in [-0.25, -0.2) is 0 Å². The van der Waals surface area contributed by atoms with Crippen molar-refractivity contribution in [1.82, 2.24) is 5.32 Å². The van der Waals surface area contributed by atoms with E-state index in [0.717, 1.165) is 0 Å². The first kappa shape index (κ1) is 25.6. The molecular weight excluding hydrogens is 382 g/mol. The van der Waals surface area contributed by atoms with Crippen LogP contribution >= 0.6 is 12.4 Å².